The van der Waals surface area contributed by atoms with Crippen molar-refractivity contribution in [3.63, 3.8) is 0 Å². The fourth-order valence-electron chi connectivity index (χ4n) is 3.74. The van der Waals surface area contributed by atoms with E-state index in [1.54, 1.807) is 12.1 Å². The first-order valence-corrected chi connectivity index (χ1v) is 11.7. The molecule has 1 amide bonds. The zero-order valence-electron chi connectivity index (χ0n) is 14.7. The van der Waals surface area contributed by atoms with Crippen molar-refractivity contribution >= 4 is 32.7 Å². The van der Waals surface area contributed by atoms with Crippen LogP contribution in [0, 0.1) is 5.82 Å². The van der Waals surface area contributed by atoms with Crippen molar-refractivity contribution in [1.29, 1.82) is 0 Å². The van der Waals surface area contributed by atoms with Crippen molar-refractivity contribution in [3.05, 3.63) is 35.6 Å². The lowest BCUT2D eigenvalue weighted by Gasteiger charge is -2.24. The Bertz CT molecular complexity index is 851. The molecule has 9 heteroatoms. The summed E-state index contributed by atoms with van der Waals surface area (Å²) in [6, 6.07) is 6.09. The molecule has 1 aromatic carbocycles. The van der Waals surface area contributed by atoms with Gasteiger partial charge in [-0.2, -0.15) is 4.99 Å². The molecule has 3 saturated heterocycles. The van der Waals surface area contributed by atoms with Gasteiger partial charge in [-0.3, -0.25) is 4.79 Å². The molecule has 6 nitrogen and oxygen atoms in total. The Morgan fingerprint density at radius 3 is 2.78 bits per heavy atom. The molecule has 3 aliphatic heterocycles. The maximum atomic E-state index is 13.1. The molecule has 0 N–H and O–H groups in total. The van der Waals surface area contributed by atoms with Gasteiger partial charge in [-0.25, -0.2) is 12.8 Å². The van der Waals surface area contributed by atoms with E-state index >= 15 is 0 Å². The first-order valence-electron chi connectivity index (χ1n) is 9.03. The molecule has 27 heavy (non-hydrogen) atoms. The summed E-state index contributed by atoms with van der Waals surface area (Å²) in [6.07, 6.45) is 1.67. The van der Waals surface area contributed by atoms with E-state index < -0.39 is 15.9 Å². The van der Waals surface area contributed by atoms with Gasteiger partial charge in [-0.1, -0.05) is 23.9 Å². The lowest BCUT2D eigenvalue weighted by molar-refractivity contribution is -0.126. The average molecular weight is 413 g/mol. The normalized spacial score (nSPS) is 30.8. The number of carbonyl (C=O) groups excluding carboxylic acids is 1. The van der Waals surface area contributed by atoms with Crippen molar-refractivity contribution in [1.82, 2.24) is 4.90 Å². The van der Waals surface area contributed by atoms with Gasteiger partial charge in [0.1, 0.15) is 11.9 Å². The van der Waals surface area contributed by atoms with Crippen LogP contribution in [-0.2, 0) is 25.8 Å². The van der Waals surface area contributed by atoms with Crippen molar-refractivity contribution in [3.8, 4) is 0 Å². The third-order valence-electron chi connectivity index (χ3n) is 5.14. The zero-order chi connectivity index (χ0) is 19.0. The fraction of sp³-hybridized carbons (Fsp3) is 0.556. The standard InChI is InChI=1S/C18H21FN2O4S2/c19-13-5-3-12(4-6-13)7-8-21-14-10-27(23,24)11-16(14)26-18(21)20-17(22)15-2-1-9-25-15/h3-6,14-16H,1-2,7-11H2/t14-,15+,16+/m1/s1. The van der Waals surface area contributed by atoms with Gasteiger partial charge >= 0.3 is 0 Å². The smallest absolute Gasteiger partial charge is 0.277 e. The van der Waals surface area contributed by atoms with Crippen LogP contribution in [0.1, 0.15) is 18.4 Å². The van der Waals surface area contributed by atoms with E-state index in [0.717, 1.165) is 12.0 Å². The summed E-state index contributed by atoms with van der Waals surface area (Å²) in [5.41, 5.74) is 0.954. The van der Waals surface area contributed by atoms with Crippen LogP contribution in [0.15, 0.2) is 29.3 Å². The quantitative estimate of drug-likeness (QED) is 0.749. The molecule has 0 radical (unpaired) electrons. The number of amides is 1. The second-order valence-corrected chi connectivity index (χ2v) is 10.5. The molecule has 0 unspecified atom stereocenters. The minimum absolute atomic E-state index is 0.0845. The van der Waals surface area contributed by atoms with Gasteiger partial charge in [0, 0.05) is 18.4 Å². The molecule has 0 aliphatic carbocycles. The number of fused-ring (bicyclic) bond motifs is 1. The number of halogens is 1. The Labute approximate surface area is 162 Å². The number of ether oxygens (including phenoxy) is 1. The van der Waals surface area contributed by atoms with Crippen LogP contribution in [0.2, 0.25) is 0 Å². The molecule has 0 saturated carbocycles. The van der Waals surface area contributed by atoms with Gasteiger partial charge in [-0.15, -0.1) is 0 Å². The summed E-state index contributed by atoms with van der Waals surface area (Å²) in [5.74, 6) is -0.379. The third-order valence-corrected chi connectivity index (χ3v) is 8.39. The Kier molecular flexibility index (Phi) is 5.26. The van der Waals surface area contributed by atoms with Crippen LogP contribution in [0.3, 0.4) is 0 Å². The maximum Gasteiger partial charge on any atom is 0.277 e. The van der Waals surface area contributed by atoms with Crippen LogP contribution in [-0.4, -0.2) is 66.4 Å². The van der Waals surface area contributed by atoms with Gasteiger partial charge in [0.25, 0.3) is 5.91 Å². The Hall–Kier alpha value is -1.45. The van der Waals surface area contributed by atoms with E-state index in [1.165, 1.54) is 23.9 Å². The number of nitrogens with zero attached hydrogens (tertiary/aromatic N) is 2. The topological polar surface area (TPSA) is 76.0 Å². The molecule has 3 aliphatic rings. The second kappa shape index (κ2) is 7.52. The average Bonchev–Trinajstić information content (AvgIpc) is 3.30. The first kappa shape index (κ1) is 18.9. The van der Waals surface area contributed by atoms with Gasteiger partial charge in [0.2, 0.25) is 0 Å². The third kappa shape index (κ3) is 4.20. The highest BCUT2D eigenvalue weighted by Gasteiger charge is 2.48. The summed E-state index contributed by atoms with van der Waals surface area (Å²) < 4.78 is 42.6. The summed E-state index contributed by atoms with van der Waals surface area (Å²) in [7, 11) is -3.07. The lowest BCUT2D eigenvalue weighted by atomic mass is 10.1. The van der Waals surface area contributed by atoms with E-state index in [0.29, 0.717) is 31.2 Å². The number of aliphatic imine (C=N–C) groups is 1. The van der Waals surface area contributed by atoms with E-state index in [4.69, 9.17) is 4.74 Å². The highest BCUT2D eigenvalue weighted by molar-refractivity contribution is 8.15. The summed E-state index contributed by atoms with van der Waals surface area (Å²) in [6.45, 7) is 1.11. The molecule has 0 aromatic heterocycles. The van der Waals surface area contributed by atoms with Gasteiger partial charge in [-0.05, 0) is 37.0 Å². The van der Waals surface area contributed by atoms with E-state index in [2.05, 4.69) is 4.99 Å². The Balaban J connectivity index is 1.52. The molecular weight excluding hydrogens is 391 g/mol. The summed E-state index contributed by atoms with van der Waals surface area (Å²) >= 11 is 1.38. The molecule has 3 fully saturated rings. The first-order chi connectivity index (χ1) is 12.9. The van der Waals surface area contributed by atoms with Crippen molar-refractivity contribution in [2.45, 2.75) is 36.7 Å². The van der Waals surface area contributed by atoms with Crippen LogP contribution >= 0.6 is 11.8 Å². The minimum atomic E-state index is -3.07. The second-order valence-electron chi connectivity index (χ2n) is 7.10. The molecule has 1 aromatic rings. The van der Waals surface area contributed by atoms with E-state index in [9.17, 15) is 17.6 Å². The van der Waals surface area contributed by atoms with Gasteiger partial charge in [0.05, 0.1) is 17.5 Å². The monoisotopic (exact) mass is 412 g/mol. The minimum Gasteiger partial charge on any atom is -0.368 e. The van der Waals surface area contributed by atoms with Crippen LogP contribution in [0.25, 0.3) is 0 Å². The van der Waals surface area contributed by atoms with Crippen molar-refractivity contribution in [2.24, 2.45) is 4.99 Å². The number of carbonyl (C=O) groups is 1. The molecule has 3 atom stereocenters. The van der Waals surface area contributed by atoms with Crippen LogP contribution < -0.4 is 0 Å². The number of benzene rings is 1. The van der Waals surface area contributed by atoms with E-state index in [-0.39, 0.29) is 34.5 Å². The predicted molar refractivity (Wildman–Crippen MR) is 102 cm³/mol. The highest BCUT2D eigenvalue weighted by atomic mass is 32.2. The number of rotatable bonds is 4. The number of thioether (sulfide) groups is 1. The van der Waals surface area contributed by atoms with Crippen LogP contribution in [0.4, 0.5) is 4.39 Å². The highest BCUT2D eigenvalue weighted by Crippen LogP contribution is 2.38. The molecule has 0 spiro atoms. The Morgan fingerprint density at radius 2 is 2.07 bits per heavy atom. The zero-order valence-corrected chi connectivity index (χ0v) is 16.3. The molecular formula is C18H21FN2O4S2. The predicted octanol–water partition coefficient (Wildman–Crippen LogP) is 1.64. The lowest BCUT2D eigenvalue weighted by Crippen LogP contribution is -2.39. The molecule has 146 valence electrons. The maximum absolute atomic E-state index is 13.1. The van der Waals surface area contributed by atoms with Crippen molar-refractivity contribution in [2.75, 3.05) is 24.7 Å². The van der Waals surface area contributed by atoms with Crippen LogP contribution in [0.5, 0.6) is 0 Å². The largest absolute Gasteiger partial charge is 0.368 e. The fourth-order valence-corrected chi connectivity index (χ4v) is 7.72. The number of hydrogen-bond acceptors (Lipinski definition) is 5. The molecule has 0 bridgehead atoms. The summed E-state index contributed by atoms with van der Waals surface area (Å²) in [4.78, 5) is 18.6. The van der Waals surface area contributed by atoms with Gasteiger partial charge < -0.3 is 9.64 Å². The summed E-state index contributed by atoms with van der Waals surface area (Å²) in [5, 5.41) is 0.488. The SMILES string of the molecule is O=C(N=C1S[C@H]2CS(=O)(=O)C[C@H]2N1CCc1ccc(F)cc1)[C@@H]1CCCO1. The van der Waals surface area contributed by atoms with E-state index in [1.807, 2.05) is 4.90 Å². The molecule has 4 rings (SSSR count). The number of hydrogen-bond donors (Lipinski definition) is 0. The molecule has 3 heterocycles. The van der Waals surface area contributed by atoms with Gasteiger partial charge in [0.15, 0.2) is 15.0 Å². The number of amidine groups is 1. The Morgan fingerprint density at radius 1 is 1.30 bits per heavy atom. The number of sulfone groups is 1. The van der Waals surface area contributed by atoms with Crippen molar-refractivity contribution < 1.29 is 22.3 Å².